The van der Waals surface area contributed by atoms with Crippen molar-refractivity contribution in [2.24, 2.45) is 7.05 Å². The van der Waals surface area contributed by atoms with Crippen LogP contribution in [0.5, 0.6) is 0 Å². The third-order valence-corrected chi connectivity index (χ3v) is 6.31. The topological polar surface area (TPSA) is 162 Å². The summed E-state index contributed by atoms with van der Waals surface area (Å²) in [6.45, 7) is -1.31. The van der Waals surface area contributed by atoms with Crippen molar-refractivity contribution in [1.29, 1.82) is 0 Å². The molecule has 1 rings (SSSR count). The van der Waals surface area contributed by atoms with Crippen LogP contribution >= 0.6 is 15.2 Å². The molecular weight excluding hydrogens is 314 g/mol. The predicted octanol–water partition coefficient (Wildman–Crippen LogP) is -1.02. The maximum atomic E-state index is 11.0. The van der Waals surface area contributed by atoms with E-state index in [1.165, 1.54) is 6.20 Å². The summed E-state index contributed by atoms with van der Waals surface area (Å²) < 4.78 is 28.5. The molecule has 0 unspecified atom stereocenters. The highest BCUT2D eigenvalue weighted by Crippen LogP contribution is 2.67. The third-order valence-electron chi connectivity index (χ3n) is 2.62. The lowest BCUT2D eigenvalue weighted by atomic mass is 10.4. The Morgan fingerprint density at radius 1 is 1.30 bits per heavy atom. The van der Waals surface area contributed by atoms with Crippen molar-refractivity contribution >= 4 is 15.2 Å². The van der Waals surface area contributed by atoms with Crippen molar-refractivity contribution in [3.05, 3.63) is 18.2 Å². The highest BCUT2D eigenvalue weighted by Gasteiger charge is 2.59. The van der Waals surface area contributed by atoms with Crippen LogP contribution in [0.3, 0.4) is 0 Å². The first-order valence-electron chi connectivity index (χ1n) is 5.36. The van der Waals surface area contributed by atoms with Gasteiger partial charge in [-0.2, -0.15) is 0 Å². The number of nitrogens with zero attached hydrogens (tertiary/aromatic N) is 2. The van der Waals surface area contributed by atoms with Crippen LogP contribution in [-0.2, 0) is 27.3 Å². The van der Waals surface area contributed by atoms with Gasteiger partial charge in [-0.25, -0.2) is 4.98 Å². The number of ether oxygens (including phenoxy) is 1. The van der Waals surface area contributed by atoms with Crippen molar-refractivity contribution in [3.63, 3.8) is 0 Å². The molecule has 0 aliphatic heterocycles. The van der Waals surface area contributed by atoms with Crippen LogP contribution in [0, 0.1) is 0 Å². The zero-order chi connectivity index (χ0) is 15.6. The van der Waals surface area contributed by atoms with Gasteiger partial charge in [0, 0.05) is 25.9 Å². The van der Waals surface area contributed by atoms with Gasteiger partial charge in [-0.3, -0.25) is 9.13 Å². The van der Waals surface area contributed by atoms with E-state index in [0.717, 1.165) is 0 Å². The number of rotatable bonds is 7. The van der Waals surface area contributed by atoms with Crippen molar-refractivity contribution in [1.82, 2.24) is 9.55 Å². The second kappa shape index (κ2) is 6.05. The van der Waals surface area contributed by atoms with Crippen molar-refractivity contribution < 1.29 is 38.5 Å². The number of imidazole rings is 1. The molecule has 0 aliphatic carbocycles. The Hall–Kier alpha value is -0.570. The van der Waals surface area contributed by atoms with Crippen LogP contribution < -0.4 is 0 Å². The zero-order valence-corrected chi connectivity index (χ0v) is 12.3. The lowest BCUT2D eigenvalue weighted by Gasteiger charge is -2.28. The summed E-state index contributed by atoms with van der Waals surface area (Å²) in [7, 11) is -9.22. The molecule has 0 fully saturated rings. The van der Waals surface area contributed by atoms with Crippen LogP contribution in [0.4, 0.5) is 0 Å². The normalized spacial score (nSPS) is 13.7. The number of hydrogen-bond donors (Lipinski definition) is 5. The minimum Gasteiger partial charge on any atom is -0.377 e. The minimum atomic E-state index is -5.47. The van der Waals surface area contributed by atoms with Crippen molar-refractivity contribution in [3.8, 4) is 0 Å². The molecule has 1 aromatic rings. The summed E-state index contributed by atoms with van der Waals surface area (Å²) in [5.74, 6) is 0.612. The molecule has 1 heterocycles. The molecule has 12 heteroatoms. The van der Waals surface area contributed by atoms with E-state index < -0.39 is 26.9 Å². The van der Waals surface area contributed by atoms with Gasteiger partial charge >= 0.3 is 15.2 Å². The van der Waals surface area contributed by atoms with Gasteiger partial charge in [0.15, 0.2) is 0 Å². The Kier molecular flexibility index (Phi) is 5.29. The minimum absolute atomic E-state index is 0.118. The molecule has 0 bridgehead atoms. The standard InChI is InChI=1S/C8H16N2O8P2/c1-10-4-3-9-7(10)2-5-18-6-8(11,19(12,13)14)20(15,16)17/h3-4,11H,2,5-6H2,1H3,(H2,12,13,14)(H2,15,16,17). The molecule has 116 valence electrons. The number of aromatic nitrogens is 2. The van der Waals surface area contributed by atoms with Gasteiger partial charge in [0.25, 0.3) is 5.08 Å². The Bertz CT molecular complexity index is 524. The van der Waals surface area contributed by atoms with E-state index in [4.69, 9.17) is 24.3 Å². The van der Waals surface area contributed by atoms with Gasteiger partial charge in [0.05, 0.1) is 13.2 Å². The Morgan fingerprint density at radius 3 is 2.25 bits per heavy atom. The lowest BCUT2D eigenvalue weighted by molar-refractivity contribution is 0.0257. The van der Waals surface area contributed by atoms with Crippen LogP contribution in [0.15, 0.2) is 12.4 Å². The molecule has 0 radical (unpaired) electrons. The molecule has 0 aromatic carbocycles. The van der Waals surface area contributed by atoms with E-state index in [9.17, 15) is 14.2 Å². The summed E-state index contributed by atoms with van der Waals surface area (Å²) >= 11 is 0. The summed E-state index contributed by atoms with van der Waals surface area (Å²) in [6, 6.07) is 0. The summed E-state index contributed by atoms with van der Waals surface area (Å²) in [4.78, 5) is 39.4. The van der Waals surface area contributed by atoms with Crippen molar-refractivity contribution in [2.75, 3.05) is 13.2 Å². The molecule has 0 aliphatic rings. The molecule has 0 atom stereocenters. The Labute approximate surface area is 114 Å². The first-order chi connectivity index (χ1) is 8.99. The second-order valence-corrected chi connectivity index (χ2v) is 8.13. The van der Waals surface area contributed by atoms with Gasteiger partial charge in [-0.1, -0.05) is 0 Å². The first kappa shape index (κ1) is 17.5. The van der Waals surface area contributed by atoms with E-state index in [1.54, 1.807) is 17.8 Å². The van der Waals surface area contributed by atoms with E-state index in [1.807, 2.05) is 0 Å². The van der Waals surface area contributed by atoms with Gasteiger partial charge in [0.2, 0.25) is 0 Å². The fraction of sp³-hybridized carbons (Fsp3) is 0.625. The fourth-order valence-electron chi connectivity index (χ4n) is 1.35. The molecule has 0 spiro atoms. The smallest absolute Gasteiger partial charge is 0.371 e. The lowest BCUT2D eigenvalue weighted by Crippen LogP contribution is -2.34. The van der Waals surface area contributed by atoms with Gasteiger partial charge < -0.3 is 34.0 Å². The van der Waals surface area contributed by atoms with Crippen molar-refractivity contribution in [2.45, 2.75) is 11.5 Å². The molecule has 0 amide bonds. The maximum absolute atomic E-state index is 11.0. The average Bonchev–Trinajstić information content (AvgIpc) is 2.67. The molecule has 20 heavy (non-hydrogen) atoms. The molecule has 1 aromatic heterocycles. The number of aryl methyl sites for hydroxylation is 1. The molecule has 0 saturated heterocycles. The second-order valence-electron chi connectivity index (χ2n) is 4.12. The quantitative estimate of drug-likeness (QED) is 0.311. The Balaban J connectivity index is 2.64. The van der Waals surface area contributed by atoms with Gasteiger partial charge in [0.1, 0.15) is 5.82 Å². The maximum Gasteiger partial charge on any atom is 0.371 e. The molecule has 10 nitrogen and oxygen atoms in total. The highest BCUT2D eigenvalue weighted by atomic mass is 31.2. The van der Waals surface area contributed by atoms with Gasteiger partial charge in [-0.05, 0) is 0 Å². The molecular formula is C8H16N2O8P2. The summed E-state index contributed by atoms with van der Waals surface area (Å²) in [5, 5.41) is 5.98. The van der Waals surface area contributed by atoms with E-state index in [0.29, 0.717) is 5.82 Å². The summed E-state index contributed by atoms with van der Waals surface area (Å²) in [6.07, 6.45) is 3.47. The first-order valence-corrected chi connectivity index (χ1v) is 8.59. The van der Waals surface area contributed by atoms with E-state index in [2.05, 4.69) is 4.98 Å². The zero-order valence-electron chi connectivity index (χ0n) is 10.5. The highest BCUT2D eigenvalue weighted by molar-refractivity contribution is 7.72. The third kappa shape index (κ3) is 3.75. The van der Waals surface area contributed by atoms with Crippen LogP contribution in [0.2, 0.25) is 0 Å². The SMILES string of the molecule is Cn1ccnc1CCOCC(O)(P(=O)(O)O)P(=O)(O)O. The van der Waals surface area contributed by atoms with Crippen LogP contribution in [0.25, 0.3) is 0 Å². The Morgan fingerprint density at radius 2 is 1.85 bits per heavy atom. The van der Waals surface area contributed by atoms with Crippen LogP contribution in [0.1, 0.15) is 5.82 Å². The van der Waals surface area contributed by atoms with E-state index >= 15 is 0 Å². The van der Waals surface area contributed by atoms with Crippen LogP contribution in [-0.4, -0.2) is 52.5 Å². The molecule has 5 N–H and O–H groups in total. The average molecular weight is 330 g/mol. The predicted molar refractivity (Wildman–Crippen MR) is 66.8 cm³/mol. The van der Waals surface area contributed by atoms with E-state index in [-0.39, 0.29) is 13.0 Å². The molecule has 0 saturated carbocycles. The fourth-order valence-corrected chi connectivity index (χ4v) is 3.22. The number of hydrogen-bond acceptors (Lipinski definition) is 5. The van der Waals surface area contributed by atoms with Gasteiger partial charge in [-0.15, -0.1) is 0 Å². The summed E-state index contributed by atoms with van der Waals surface area (Å²) in [5.41, 5.74) is 0. The number of aliphatic hydroxyl groups is 1. The monoisotopic (exact) mass is 330 g/mol. The largest absolute Gasteiger partial charge is 0.377 e.